The van der Waals surface area contributed by atoms with Crippen molar-refractivity contribution in [3.63, 3.8) is 0 Å². The third-order valence-electron chi connectivity index (χ3n) is 4.99. The van der Waals surface area contributed by atoms with E-state index in [1.807, 2.05) is 65.3 Å². The number of hydrogen-bond donors (Lipinski definition) is 1. The van der Waals surface area contributed by atoms with Gasteiger partial charge < -0.3 is 19.2 Å². The molecule has 2 heterocycles. The van der Waals surface area contributed by atoms with Crippen LogP contribution in [0.1, 0.15) is 30.1 Å². The van der Waals surface area contributed by atoms with Crippen LogP contribution < -0.4 is 14.8 Å². The molecule has 2 aromatic heterocycles. The lowest BCUT2D eigenvalue weighted by Crippen LogP contribution is -2.12. The molecule has 0 saturated heterocycles. The van der Waals surface area contributed by atoms with Crippen LogP contribution in [-0.4, -0.2) is 29.0 Å². The van der Waals surface area contributed by atoms with Crippen LogP contribution in [0.4, 0.5) is 5.69 Å². The zero-order valence-corrected chi connectivity index (χ0v) is 17.7. The minimum absolute atomic E-state index is 0.217. The second-order valence-electron chi connectivity index (χ2n) is 7.19. The van der Waals surface area contributed by atoms with Crippen LogP contribution >= 0.6 is 0 Å². The van der Waals surface area contributed by atoms with Crippen molar-refractivity contribution in [3.05, 3.63) is 78.6 Å². The van der Waals surface area contributed by atoms with Gasteiger partial charge in [-0.25, -0.2) is 4.98 Å². The van der Waals surface area contributed by atoms with Gasteiger partial charge in [0, 0.05) is 23.5 Å². The molecule has 0 aliphatic carbocycles. The van der Waals surface area contributed by atoms with Gasteiger partial charge in [-0.05, 0) is 61.0 Å². The number of nitrogens with one attached hydrogen (secondary N) is 1. The number of methoxy groups -OCH3 is 1. The summed E-state index contributed by atoms with van der Waals surface area (Å²) in [5.74, 6) is 1.13. The zero-order valence-electron chi connectivity index (χ0n) is 17.7. The number of amides is 1. The Labute approximate surface area is 181 Å². The third kappa shape index (κ3) is 4.69. The topological polar surface area (TPSA) is 64.9 Å². The number of carbonyl (C=O) groups is 1. The minimum Gasteiger partial charge on any atom is -0.495 e. The van der Waals surface area contributed by atoms with Crippen molar-refractivity contribution in [2.45, 2.75) is 19.8 Å². The summed E-state index contributed by atoms with van der Waals surface area (Å²) in [5, 5.41) is 2.95. The first-order valence-corrected chi connectivity index (χ1v) is 10.3. The average molecular weight is 415 g/mol. The summed E-state index contributed by atoms with van der Waals surface area (Å²) in [7, 11) is 1.58. The molecule has 1 N–H and O–H groups in total. The second kappa shape index (κ2) is 9.34. The molecule has 1 amide bonds. The Kier molecular flexibility index (Phi) is 6.17. The highest BCUT2D eigenvalue weighted by molar-refractivity contribution is 6.05. The van der Waals surface area contributed by atoms with E-state index in [1.165, 1.54) is 0 Å². The number of aromatic nitrogens is 2. The fraction of sp³-hybridized carbons (Fsp3) is 0.200. The number of carbonyl (C=O) groups excluding carboxylic acids is 1. The molecule has 0 aliphatic heterocycles. The number of pyridine rings is 1. The molecule has 0 saturated carbocycles. The molecule has 2 aromatic carbocycles. The van der Waals surface area contributed by atoms with Crippen LogP contribution in [0.5, 0.6) is 11.5 Å². The lowest BCUT2D eigenvalue weighted by atomic mass is 10.1. The van der Waals surface area contributed by atoms with Crippen molar-refractivity contribution < 1.29 is 14.3 Å². The number of ether oxygens (including phenoxy) is 2. The van der Waals surface area contributed by atoms with Gasteiger partial charge >= 0.3 is 0 Å². The molecule has 0 radical (unpaired) electrons. The molecule has 0 bridgehead atoms. The number of benzene rings is 2. The normalized spacial score (nSPS) is 10.8. The summed E-state index contributed by atoms with van der Waals surface area (Å²) in [4.78, 5) is 17.5. The van der Waals surface area contributed by atoms with Gasteiger partial charge in [-0.15, -0.1) is 0 Å². The second-order valence-corrected chi connectivity index (χ2v) is 7.19. The smallest absolute Gasteiger partial charge is 0.255 e. The maximum atomic E-state index is 12.8. The average Bonchev–Trinajstić information content (AvgIpc) is 3.24. The Hall–Kier alpha value is -3.80. The Morgan fingerprint density at radius 1 is 1.10 bits per heavy atom. The van der Waals surface area contributed by atoms with Gasteiger partial charge in [0.05, 0.1) is 25.1 Å². The van der Waals surface area contributed by atoms with Gasteiger partial charge in [-0.2, -0.15) is 0 Å². The van der Waals surface area contributed by atoms with Crippen LogP contribution in [0, 0.1) is 0 Å². The Morgan fingerprint density at radius 2 is 1.94 bits per heavy atom. The minimum atomic E-state index is -0.217. The summed E-state index contributed by atoms with van der Waals surface area (Å²) in [6.07, 6.45) is 5.99. The molecular formula is C25H25N3O3. The first kappa shape index (κ1) is 20.5. The van der Waals surface area contributed by atoms with Crippen LogP contribution in [0.25, 0.3) is 16.9 Å². The van der Waals surface area contributed by atoms with Crippen molar-refractivity contribution in [3.8, 4) is 22.8 Å². The first-order valence-electron chi connectivity index (χ1n) is 10.3. The SMILES string of the molecule is CCCCOc1ccc(C(=O)Nc2cc(-c3cn4ccccc4n3)ccc2OC)cc1. The first-order chi connectivity index (χ1) is 15.2. The maximum absolute atomic E-state index is 12.8. The Balaban J connectivity index is 1.54. The molecule has 31 heavy (non-hydrogen) atoms. The Morgan fingerprint density at radius 3 is 2.68 bits per heavy atom. The van der Waals surface area contributed by atoms with Crippen molar-refractivity contribution in [1.29, 1.82) is 0 Å². The van der Waals surface area contributed by atoms with Crippen LogP contribution in [0.3, 0.4) is 0 Å². The van der Waals surface area contributed by atoms with Gasteiger partial charge in [-0.1, -0.05) is 19.4 Å². The van der Waals surface area contributed by atoms with E-state index in [1.54, 1.807) is 19.2 Å². The van der Waals surface area contributed by atoms with Gasteiger partial charge in [0.1, 0.15) is 17.1 Å². The summed E-state index contributed by atoms with van der Waals surface area (Å²) in [5.41, 5.74) is 3.70. The summed E-state index contributed by atoms with van der Waals surface area (Å²) in [6, 6.07) is 18.6. The molecule has 4 rings (SSSR count). The van der Waals surface area contributed by atoms with Gasteiger partial charge in [-0.3, -0.25) is 4.79 Å². The highest BCUT2D eigenvalue weighted by Gasteiger charge is 2.13. The Bertz CT molecular complexity index is 1150. The van der Waals surface area contributed by atoms with Gasteiger partial charge in [0.2, 0.25) is 0 Å². The molecule has 0 atom stereocenters. The van der Waals surface area contributed by atoms with Crippen LogP contribution in [-0.2, 0) is 0 Å². The van der Waals surface area contributed by atoms with E-state index >= 15 is 0 Å². The summed E-state index contributed by atoms with van der Waals surface area (Å²) >= 11 is 0. The summed E-state index contributed by atoms with van der Waals surface area (Å²) < 4.78 is 13.1. The van der Waals surface area contributed by atoms with Crippen molar-refractivity contribution in [2.75, 3.05) is 19.0 Å². The predicted molar refractivity (Wildman–Crippen MR) is 122 cm³/mol. The van der Waals surface area contributed by atoms with Gasteiger partial charge in [0.15, 0.2) is 0 Å². The molecule has 0 unspecified atom stereocenters. The molecule has 158 valence electrons. The maximum Gasteiger partial charge on any atom is 0.255 e. The number of fused-ring (bicyclic) bond motifs is 1. The fourth-order valence-corrected chi connectivity index (χ4v) is 3.27. The number of rotatable bonds is 8. The summed E-state index contributed by atoms with van der Waals surface area (Å²) in [6.45, 7) is 2.80. The lowest BCUT2D eigenvalue weighted by molar-refractivity contribution is 0.102. The van der Waals surface area contributed by atoms with E-state index in [0.717, 1.165) is 35.5 Å². The van der Waals surface area contributed by atoms with Crippen molar-refractivity contribution in [2.24, 2.45) is 0 Å². The highest BCUT2D eigenvalue weighted by atomic mass is 16.5. The standard InChI is InChI=1S/C25H25N3O3/c1-3-4-15-31-20-11-8-18(9-12-20)25(29)27-21-16-19(10-13-23(21)30-2)22-17-28-14-6-5-7-24(28)26-22/h5-14,16-17H,3-4,15H2,1-2H3,(H,27,29). The van der Waals surface area contributed by atoms with E-state index in [0.29, 0.717) is 23.6 Å². The number of unbranched alkanes of at least 4 members (excludes halogenated alkanes) is 1. The number of imidazole rings is 1. The van der Waals surface area contributed by atoms with Crippen LogP contribution in [0.2, 0.25) is 0 Å². The molecule has 0 aliphatic rings. The lowest BCUT2D eigenvalue weighted by Gasteiger charge is -2.12. The van der Waals surface area contributed by atoms with E-state index in [9.17, 15) is 4.79 Å². The van der Waals surface area contributed by atoms with Gasteiger partial charge in [0.25, 0.3) is 5.91 Å². The van der Waals surface area contributed by atoms with Crippen LogP contribution in [0.15, 0.2) is 73.1 Å². The number of nitrogens with zero attached hydrogens (tertiary/aromatic N) is 2. The van der Waals surface area contributed by atoms with E-state index in [4.69, 9.17) is 9.47 Å². The fourth-order valence-electron chi connectivity index (χ4n) is 3.27. The molecular weight excluding hydrogens is 390 g/mol. The molecule has 0 spiro atoms. The van der Waals surface area contributed by atoms with E-state index in [-0.39, 0.29) is 5.91 Å². The molecule has 0 fully saturated rings. The van der Waals surface area contributed by atoms with Crippen molar-refractivity contribution >= 4 is 17.2 Å². The molecule has 4 aromatic rings. The van der Waals surface area contributed by atoms with Crippen molar-refractivity contribution in [1.82, 2.24) is 9.38 Å². The monoisotopic (exact) mass is 415 g/mol. The van der Waals surface area contributed by atoms with E-state index in [2.05, 4.69) is 17.2 Å². The van der Waals surface area contributed by atoms with E-state index < -0.39 is 0 Å². The quantitative estimate of drug-likeness (QED) is 0.389. The zero-order chi connectivity index (χ0) is 21.6. The third-order valence-corrected chi connectivity index (χ3v) is 4.99. The largest absolute Gasteiger partial charge is 0.495 e. The number of hydrogen-bond acceptors (Lipinski definition) is 4. The molecule has 6 heteroatoms. The number of anilines is 1. The highest BCUT2D eigenvalue weighted by Crippen LogP contribution is 2.31. The molecule has 6 nitrogen and oxygen atoms in total. The predicted octanol–water partition coefficient (Wildman–Crippen LogP) is 5.44.